The van der Waals surface area contributed by atoms with Crippen molar-refractivity contribution in [3.8, 4) is 0 Å². The third-order valence-electron chi connectivity index (χ3n) is 5.72. The fourth-order valence-corrected chi connectivity index (χ4v) is 5.60. The second-order valence-corrected chi connectivity index (χ2v) is 9.88. The fourth-order valence-electron chi connectivity index (χ4n) is 3.93. The average molecular weight is 478 g/mol. The Hall–Kier alpha value is -3.91. The standard InChI is InChI=1S/C26H23NO6S/c1-17-8-10-18(11-9-17)16-27-22(19-12-14-20(15-13-19)26(30)33-2)24(23(28)25(27)29)34(31,32)21-6-4-3-5-7-21/h3-15,22,28H,16H2,1-2H3/t22-/m1/s1. The van der Waals surface area contributed by atoms with Crippen molar-refractivity contribution in [2.75, 3.05) is 7.11 Å². The first-order valence-corrected chi connectivity index (χ1v) is 12.0. The number of carbonyl (C=O) groups excluding carboxylic acids is 2. The summed E-state index contributed by atoms with van der Waals surface area (Å²) in [5.74, 6) is -2.13. The van der Waals surface area contributed by atoms with Crippen molar-refractivity contribution >= 4 is 21.7 Å². The van der Waals surface area contributed by atoms with Gasteiger partial charge in [-0.1, -0.05) is 60.2 Å². The Kier molecular flexibility index (Phi) is 6.26. The fraction of sp³-hybridized carbons (Fsp3) is 0.154. The largest absolute Gasteiger partial charge is 0.502 e. The number of esters is 1. The summed E-state index contributed by atoms with van der Waals surface area (Å²) < 4.78 is 31.9. The van der Waals surface area contributed by atoms with Gasteiger partial charge in [-0.15, -0.1) is 0 Å². The van der Waals surface area contributed by atoms with Gasteiger partial charge in [0.25, 0.3) is 5.91 Å². The van der Waals surface area contributed by atoms with E-state index in [2.05, 4.69) is 0 Å². The molecule has 7 nitrogen and oxygen atoms in total. The molecule has 8 heteroatoms. The quantitative estimate of drug-likeness (QED) is 0.536. The summed E-state index contributed by atoms with van der Waals surface area (Å²) in [6.45, 7) is 2.02. The van der Waals surface area contributed by atoms with Gasteiger partial charge in [-0.05, 0) is 42.3 Å². The molecule has 1 N–H and O–H groups in total. The molecule has 3 aromatic rings. The van der Waals surface area contributed by atoms with Gasteiger partial charge in [0, 0.05) is 6.54 Å². The zero-order chi connectivity index (χ0) is 24.5. The minimum absolute atomic E-state index is 0.0299. The highest BCUT2D eigenvalue weighted by atomic mass is 32.2. The Morgan fingerprint density at radius 1 is 0.971 bits per heavy atom. The molecule has 1 heterocycles. The van der Waals surface area contributed by atoms with Gasteiger partial charge >= 0.3 is 5.97 Å². The smallest absolute Gasteiger partial charge is 0.337 e. The van der Waals surface area contributed by atoms with Crippen LogP contribution in [0.1, 0.15) is 33.1 Å². The topological polar surface area (TPSA) is 101 Å². The lowest BCUT2D eigenvalue weighted by Crippen LogP contribution is -2.30. The highest BCUT2D eigenvalue weighted by Gasteiger charge is 2.46. The Morgan fingerprint density at radius 2 is 1.59 bits per heavy atom. The lowest BCUT2D eigenvalue weighted by Gasteiger charge is -2.27. The molecule has 34 heavy (non-hydrogen) atoms. The third-order valence-corrected chi connectivity index (χ3v) is 7.61. The number of methoxy groups -OCH3 is 1. The predicted molar refractivity (Wildman–Crippen MR) is 126 cm³/mol. The molecule has 174 valence electrons. The Labute approximate surface area is 197 Å². The molecule has 0 bridgehead atoms. The first-order chi connectivity index (χ1) is 16.2. The number of carbonyl (C=O) groups is 2. The van der Waals surface area contributed by atoms with Crippen LogP contribution in [-0.2, 0) is 25.9 Å². The van der Waals surface area contributed by atoms with Crippen LogP contribution in [0.3, 0.4) is 0 Å². The van der Waals surface area contributed by atoms with Gasteiger partial charge in [0.2, 0.25) is 9.84 Å². The minimum atomic E-state index is -4.21. The van der Waals surface area contributed by atoms with Crippen molar-refractivity contribution in [1.29, 1.82) is 0 Å². The summed E-state index contributed by atoms with van der Waals surface area (Å²) in [6.07, 6.45) is 0. The molecule has 0 saturated carbocycles. The van der Waals surface area contributed by atoms with Gasteiger partial charge in [0.15, 0.2) is 5.76 Å². The summed E-state index contributed by atoms with van der Waals surface area (Å²) in [4.78, 5) is 25.9. The van der Waals surface area contributed by atoms with Crippen molar-refractivity contribution < 1.29 is 27.9 Å². The highest BCUT2D eigenvalue weighted by Crippen LogP contribution is 2.43. The number of hydrogen-bond donors (Lipinski definition) is 1. The van der Waals surface area contributed by atoms with Gasteiger partial charge in [0.1, 0.15) is 4.91 Å². The molecule has 4 rings (SSSR count). The summed E-state index contributed by atoms with van der Waals surface area (Å²) in [7, 11) is -2.94. The molecule has 1 atom stereocenters. The molecule has 0 radical (unpaired) electrons. The van der Waals surface area contributed by atoms with Crippen LogP contribution in [0.4, 0.5) is 0 Å². The van der Waals surface area contributed by atoms with Crippen molar-refractivity contribution in [2.24, 2.45) is 0 Å². The van der Waals surface area contributed by atoms with Gasteiger partial charge < -0.3 is 14.7 Å². The van der Waals surface area contributed by atoms with E-state index in [4.69, 9.17) is 4.74 Å². The van der Waals surface area contributed by atoms with Crippen LogP contribution in [0, 0.1) is 6.92 Å². The number of aryl methyl sites for hydroxylation is 1. The van der Waals surface area contributed by atoms with Crippen molar-refractivity contribution in [2.45, 2.75) is 24.4 Å². The molecule has 1 amide bonds. The van der Waals surface area contributed by atoms with Gasteiger partial charge in [-0.2, -0.15) is 0 Å². The Bertz CT molecular complexity index is 1360. The molecule has 3 aromatic carbocycles. The number of nitrogens with zero attached hydrogens (tertiary/aromatic N) is 1. The second-order valence-electron chi connectivity index (χ2n) is 7.96. The van der Waals surface area contributed by atoms with E-state index in [1.54, 1.807) is 30.3 Å². The lowest BCUT2D eigenvalue weighted by atomic mass is 10.0. The van der Waals surface area contributed by atoms with Gasteiger partial charge in [0.05, 0.1) is 23.6 Å². The molecule has 0 saturated heterocycles. The minimum Gasteiger partial charge on any atom is -0.502 e. The molecule has 0 fully saturated rings. The second kappa shape index (κ2) is 9.15. The highest BCUT2D eigenvalue weighted by molar-refractivity contribution is 7.95. The molecule has 0 aromatic heterocycles. The van der Waals surface area contributed by atoms with E-state index in [0.717, 1.165) is 11.1 Å². The molecular formula is C26H23NO6S. The monoisotopic (exact) mass is 477 g/mol. The summed E-state index contributed by atoms with van der Waals surface area (Å²) in [5.41, 5.74) is 2.54. The first kappa shape index (κ1) is 23.3. The number of sulfone groups is 1. The molecular weight excluding hydrogens is 454 g/mol. The van der Waals surface area contributed by atoms with Crippen LogP contribution in [0.15, 0.2) is 94.4 Å². The van der Waals surface area contributed by atoms with Crippen LogP contribution in [-0.4, -0.2) is 37.4 Å². The van der Waals surface area contributed by atoms with E-state index in [1.807, 2.05) is 31.2 Å². The van der Waals surface area contributed by atoms with Crippen LogP contribution >= 0.6 is 0 Å². The lowest BCUT2D eigenvalue weighted by molar-refractivity contribution is -0.130. The summed E-state index contributed by atoms with van der Waals surface area (Å²) >= 11 is 0. The zero-order valence-corrected chi connectivity index (χ0v) is 19.5. The van der Waals surface area contributed by atoms with E-state index < -0.39 is 33.5 Å². The van der Waals surface area contributed by atoms with E-state index in [1.165, 1.54) is 36.3 Å². The van der Waals surface area contributed by atoms with Gasteiger partial charge in [-0.25, -0.2) is 13.2 Å². The summed E-state index contributed by atoms with van der Waals surface area (Å²) in [6, 6.07) is 20.2. The maximum Gasteiger partial charge on any atom is 0.337 e. The maximum absolute atomic E-state index is 13.6. The number of ether oxygens (including phenoxy) is 1. The van der Waals surface area contributed by atoms with E-state index in [0.29, 0.717) is 5.56 Å². The first-order valence-electron chi connectivity index (χ1n) is 10.5. The number of amides is 1. The van der Waals surface area contributed by atoms with Gasteiger partial charge in [-0.3, -0.25) is 4.79 Å². The molecule has 0 spiro atoms. The van der Waals surface area contributed by atoms with Crippen molar-refractivity contribution in [1.82, 2.24) is 4.90 Å². The third kappa shape index (κ3) is 4.20. The molecule has 1 aliphatic heterocycles. The van der Waals surface area contributed by atoms with Crippen LogP contribution in [0.25, 0.3) is 0 Å². The normalized spacial score (nSPS) is 16.1. The summed E-state index contributed by atoms with van der Waals surface area (Å²) in [5, 5.41) is 10.8. The number of hydrogen-bond acceptors (Lipinski definition) is 6. The molecule has 0 aliphatic carbocycles. The maximum atomic E-state index is 13.6. The van der Waals surface area contributed by atoms with Crippen LogP contribution < -0.4 is 0 Å². The van der Waals surface area contributed by atoms with E-state index in [9.17, 15) is 23.1 Å². The molecule has 1 aliphatic rings. The number of aliphatic hydroxyl groups is 1. The average Bonchev–Trinajstić information content (AvgIpc) is 3.11. The molecule has 0 unspecified atom stereocenters. The van der Waals surface area contributed by atoms with Crippen LogP contribution in [0.5, 0.6) is 0 Å². The number of rotatable bonds is 6. The number of aliphatic hydroxyl groups excluding tert-OH is 1. The van der Waals surface area contributed by atoms with Crippen molar-refractivity contribution in [3.63, 3.8) is 0 Å². The predicted octanol–water partition coefficient (Wildman–Crippen LogP) is 4.11. The van der Waals surface area contributed by atoms with E-state index in [-0.39, 0.29) is 21.9 Å². The zero-order valence-electron chi connectivity index (χ0n) is 18.6. The SMILES string of the molecule is COC(=O)c1ccc([C@@H]2C(S(=O)(=O)c3ccccc3)=C(O)C(=O)N2Cc2ccc(C)cc2)cc1. The van der Waals surface area contributed by atoms with Crippen LogP contribution in [0.2, 0.25) is 0 Å². The van der Waals surface area contributed by atoms with Crippen molar-refractivity contribution in [3.05, 3.63) is 112 Å². The Morgan fingerprint density at radius 3 is 2.18 bits per heavy atom. The number of benzene rings is 3. The van der Waals surface area contributed by atoms with E-state index >= 15 is 0 Å². The Balaban J connectivity index is 1.84.